The van der Waals surface area contributed by atoms with E-state index < -0.39 is 5.97 Å². The molecule has 3 aromatic rings. The number of amides is 1. The number of hydrogen-bond donors (Lipinski definition) is 1. The van der Waals surface area contributed by atoms with Crippen LogP contribution in [0.3, 0.4) is 0 Å². The summed E-state index contributed by atoms with van der Waals surface area (Å²) in [6.45, 7) is 1.98. The molecule has 0 fully saturated rings. The minimum absolute atomic E-state index is 0.158. The summed E-state index contributed by atoms with van der Waals surface area (Å²) in [4.78, 5) is 24.1. The van der Waals surface area contributed by atoms with Crippen LogP contribution in [0.2, 0.25) is 0 Å². The van der Waals surface area contributed by atoms with Crippen molar-refractivity contribution in [2.24, 2.45) is 0 Å². The molecule has 0 spiro atoms. The van der Waals surface area contributed by atoms with Gasteiger partial charge >= 0.3 is 5.97 Å². The lowest BCUT2D eigenvalue weighted by Gasteiger charge is -2.09. The van der Waals surface area contributed by atoms with E-state index in [1.165, 1.54) is 7.11 Å². The van der Waals surface area contributed by atoms with Gasteiger partial charge in [-0.1, -0.05) is 24.3 Å². The number of para-hydroxylation sites is 1. The van der Waals surface area contributed by atoms with E-state index in [4.69, 9.17) is 9.15 Å². The molecule has 5 nitrogen and oxygen atoms in total. The van der Waals surface area contributed by atoms with Gasteiger partial charge in [0.15, 0.2) is 0 Å². The van der Waals surface area contributed by atoms with Crippen molar-refractivity contribution >= 4 is 28.5 Å². The van der Waals surface area contributed by atoms with Crippen LogP contribution in [0.1, 0.15) is 21.5 Å². The first kappa shape index (κ1) is 15.8. The van der Waals surface area contributed by atoms with Crippen LogP contribution in [-0.4, -0.2) is 19.0 Å². The van der Waals surface area contributed by atoms with Gasteiger partial charge < -0.3 is 14.5 Å². The van der Waals surface area contributed by atoms with Crippen LogP contribution in [0.4, 0.5) is 5.69 Å². The number of anilines is 1. The summed E-state index contributed by atoms with van der Waals surface area (Å²) in [7, 11) is 1.31. The van der Waals surface area contributed by atoms with Gasteiger partial charge in [0, 0.05) is 10.9 Å². The highest BCUT2D eigenvalue weighted by Gasteiger charge is 2.15. The minimum Gasteiger partial charge on any atom is -0.465 e. The number of aryl methyl sites for hydroxylation is 1. The van der Waals surface area contributed by atoms with Gasteiger partial charge in [-0.25, -0.2) is 4.79 Å². The molecular weight excluding hydrogens is 306 g/mol. The number of fused-ring (bicyclic) bond motifs is 1. The second-order valence-electron chi connectivity index (χ2n) is 5.52. The molecule has 122 valence electrons. The highest BCUT2D eigenvalue weighted by molar-refractivity contribution is 6.02. The number of hydrogen-bond acceptors (Lipinski definition) is 4. The summed E-state index contributed by atoms with van der Waals surface area (Å²) >= 11 is 0. The molecule has 0 unspecified atom stereocenters. The van der Waals surface area contributed by atoms with E-state index >= 15 is 0 Å². The van der Waals surface area contributed by atoms with Crippen LogP contribution < -0.4 is 5.32 Å². The maximum Gasteiger partial charge on any atom is 0.339 e. The Kier molecular flexibility index (Phi) is 4.33. The molecule has 0 saturated heterocycles. The van der Waals surface area contributed by atoms with Gasteiger partial charge in [0.1, 0.15) is 5.58 Å². The molecule has 5 heteroatoms. The van der Waals surface area contributed by atoms with Gasteiger partial charge in [0.25, 0.3) is 0 Å². The highest BCUT2D eigenvalue weighted by atomic mass is 16.5. The lowest BCUT2D eigenvalue weighted by atomic mass is 10.1. The van der Waals surface area contributed by atoms with Crippen LogP contribution >= 0.6 is 0 Å². The van der Waals surface area contributed by atoms with Crippen LogP contribution in [0.25, 0.3) is 11.0 Å². The SMILES string of the molecule is COC(=O)c1ccccc1NC(=O)Cc1coc2cc(C)ccc12. The molecule has 0 aliphatic heterocycles. The monoisotopic (exact) mass is 323 g/mol. The molecule has 0 bridgehead atoms. The van der Waals surface area contributed by atoms with Crippen LogP contribution in [0.15, 0.2) is 53.1 Å². The van der Waals surface area contributed by atoms with E-state index in [-0.39, 0.29) is 12.3 Å². The maximum atomic E-state index is 12.3. The number of furan rings is 1. The average molecular weight is 323 g/mol. The molecule has 0 aliphatic carbocycles. The molecular formula is C19H17NO4. The average Bonchev–Trinajstić information content (AvgIpc) is 2.96. The third-order valence-corrected chi connectivity index (χ3v) is 3.77. The fraction of sp³-hybridized carbons (Fsp3) is 0.158. The Bertz CT molecular complexity index is 911. The molecule has 1 aromatic heterocycles. The normalized spacial score (nSPS) is 10.6. The standard InChI is InChI=1S/C19H17NO4/c1-12-7-8-14-13(11-24-17(14)9-12)10-18(21)20-16-6-4-3-5-15(16)19(22)23-2/h3-9,11H,10H2,1-2H3,(H,20,21). The third kappa shape index (κ3) is 3.15. The van der Waals surface area contributed by atoms with E-state index in [0.717, 1.165) is 22.1 Å². The molecule has 1 N–H and O–H groups in total. The number of methoxy groups -OCH3 is 1. The summed E-state index contributed by atoms with van der Waals surface area (Å²) < 4.78 is 10.2. The van der Waals surface area contributed by atoms with Gasteiger partial charge in [0.05, 0.1) is 31.0 Å². The number of rotatable bonds is 4. The summed E-state index contributed by atoms with van der Waals surface area (Å²) in [5.74, 6) is -0.718. The quantitative estimate of drug-likeness (QED) is 0.743. The smallest absolute Gasteiger partial charge is 0.339 e. The van der Waals surface area contributed by atoms with E-state index in [2.05, 4.69) is 5.32 Å². The Morgan fingerprint density at radius 1 is 1.17 bits per heavy atom. The first-order valence-corrected chi connectivity index (χ1v) is 7.52. The van der Waals surface area contributed by atoms with Gasteiger partial charge in [0.2, 0.25) is 5.91 Å². The Morgan fingerprint density at radius 2 is 1.96 bits per heavy atom. The summed E-state index contributed by atoms with van der Waals surface area (Å²) in [6.07, 6.45) is 1.75. The lowest BCUT2D eigenvalue weighted by Crippen LogP contribution is -2.17. The molecule has 0 saturated carbocycles. The van der Waals surface area contributed by atoms with E-state index in [1.54, 1.807) is 30.5 Å². The fourth-order valence-corrected chi connectivity index (χ4v) is 2.57. The number of benzene rings is 2. The Balaban J connectivity index is 1.80. The zero-order chi connectivity index (χ0) is 17.1. The third-order valence-electron chi connectivity index (χ3n) is 3.77. The van der Waals surface area contributed by atoms with Gasteiger partial charge in [-0.3, -0.25) is 4.79 Å². The maximum absolute atomic E-state index is 12.3. The number of carbonyl (C=O) groups excluding carboxylic acids is 2. The van der Waals surface area contributed by atoms with E-state index in [0.29, 0.717) is 11.3 Å². The topological polar surface area (TPSA) is 68.5 Å². The zero-order valence-electron chi connectivity index (χ0n) is 13.5. The Hall–Kier alpha value is -3.08. The first-order valence-electron chi connectivity index (χ1n) is 7.52. The van der Waals surface area contributed by atoms with Crippen molar-refractivity contribution in [3.63, 3.8) is 0 Å². The van der Waals surface area contributed by atoms with Crippen LogP contribution in [-0.2, 0) is 16.0 Å². The number of carbonyl (C=O) groups is 2. The van der Waals surface area contributed by atoms with Crippen molar-refractivity contribution < 1.29 is 18.7 Å². The second kappa shape index (κ2) is 6.58. The van der Waals surface area contributed by atoms with Gasteiger partial charge in [-0.05, 0) is 30.7 Å². The van der Waals surface area contributed by atoms with Crippen molar-refractivity contribution in [3.8, 4) is 0 Å². The Labute approximate surface area is 139 Å². The summed E-state index contributed by atoms with van der Waals surface area (Å²) in [5.41, 5.74) is 3.41. The first-order chi connectivity index (χ1) is 11.6. The van der Waals surface area contributed by atoms with E-state index in [1.807, 2.05) is 25.1 Å². The molecule has 3 rings (SSSR count). The van der Waals surface area contributed by atoms with Gasteiger partial charge in [-0.2, -0.15) is 0 Å². The van der Waals surface area contributed by atoms with Crippen molar-refractivity contribution in [2.75, 3.05) is 12.4 Å². The predicted molar refractivity (Wildman–Crippen MR) is 91.1 cm³/mol. The van der Waals surface area contributed by atoms with Crippen molar-refractivity contribution in [1.29, 1.82) is 0 Å². The lowest BCUT2D eigenvalue weighted by molar-refractivity contribution is -0.115. The van der Waals surface area contributed by atoms with Crippen molar-refractivity contribution in [1.82, 2.24) is 0 Å². The molecule has 1 amide bonds. The van der Waals surface area contributed by atoms with Gasteiger partial charge in [-0.15, -0.1) is 0 Å². The summed E-state index contributed by atoms with van der Waals surface area (Å²) in [6, 6.07) is 12.6. The molecule has 2 aromatic carbocycles. The molecule has 0 radical (unpaired) electrons. The molecule has 1 heterocycles. The number of ether oxygens (including phenoxy) is 1. The van der Waals surface area contributed by atoms with Crippen LogP contribution in [0, 0.1) is 6.92 Å². The number of esters is 1. The molecule has 0 aliphatic rings. The van der Waals surface area contributed by atoms with E-state index in [9.17, 15) is 9.59 Å². The minimum atomic E-state index is -0.491. The van der Waals surface area contributed by atoms with Crippen molar-refractivity contribution in [2.45, 2.75) is 13.3 Å². The highest BCUT2D eigenvalue weighted by Crippen LogP contribution is 2.23. The second-order valence-corrected chi connectivity index (χ2v) is 5.52. The van der Waals surface area contributed by atoms with Crippen molar-refractivity contribution in [3.05, 3.63) is 65.4 Å². The summed E-state index contributed by atoms with van der Waals surface area (Å²) in [5, 5.41) is 3.67. The predicted octanol–water partition coefficient (Wildman–Crippen LogP) is 3.71. The Morgan fingerprint density at radius 3 is 2.75 bits per heavy atom. The largest absolute Gasteiger partial charge is 0.465 e. The van der Waals surface area contributed by atoms with Crippen LogP contribution in [0.5, 0.6) is 0 Å². The molecule has 24 heavy (non-hydrogen) atoms. The zero-order valence-corrected chi connectivity index (χ0v) is 13.5. The number of nitrogens with one attached hydrogen (secondary N) is 1. The fourth-order valence-electron chi connectivity index (χ4n) is 2.57. The molecule has 0 atom stereocenters.